The van der Waals surface area contributed by atoms with Crippen molar-refractivity contribution in [3.05, 3.63) is 29.3 Å². The minimum Gasteiger partial charge on any atom is -0.481 e. The summed E-state index contributed by atoms with van der Waals surface area (Å²) in [4.78, 5) is 11.7. The lowest BCUT2D eigenvalue weighted by molar-refractivity contribution is -0.127. The quantitative estimate of drug-likeness (QED) is 0.760. The monoisotopic (exact) mass is 306 g/mol. The Morgan fingerprint density at radius 1 is 1.47 bits per heavy atom. The van der Waals surface area contributed by atoms with Gasteiger partial charge < -0.3 is 15.8 Å². The number of hydrogen-bond donors (Lipinski definition) is 2. The summed E-state index contributed by atoms with van der Waals surface area (Å²) in [5, 5.41) is 3.39. The molecule has 6 heteroatoms. The molecule has 1 amide bonds. The van der Waals surface area contributed by atoms with Gasteiger partial charge in [-0.1, -0.05) is 17.7 Å². The summed E-state index contributed by atoms with van der Waals surface area (Å²) >= 11 is 5.83. The standard InChI is InChI=1S/C13H19ClN2O2.ClH/c1-10(13(17)16-8-3-2-7-15)18-12-6-4-5-11(14)9-12;/h4-6,9-10H,2-3,7-8,15H2,1H3,(H,16,17);1H. The summed E-state index contributed by atoms with van der Waals surface area (Å²) in [6, 6.07) is 6.99. The molecule has 1 aromatic rings. The molecule has 1 atom stereocenters. The Bertz CT molecular complexity index is 389. The molecule has 0 spiro atoms. The summed E-state index contributed by atoms with van der Waals surface area (Å²) < 4.78 is 5.49. The summed E-state index contributed by atoms with van der Waals surface area (Å²) in [6.45, 7) is 2.98. The van der Waals surface area contributed by atoms with Crippen LogP contribution < -0.4 is 15.8 Å². The molecule has 0 saturated heterocycles. The van der Waals surface area contributed by atoms with Gasteiger partial charge in [-0.25, -0.2) is 0 Å². The van der Waals surface area contributed by atoms with E-state index in [9.17, 15) is 4.79 Å². The average Bonchev–Trinajstić information content (AvgIpc) is 2.34. The van der Waals surface area contributed by atoms with E-state index in [1.807, 2.05) is 0 Å². The highest BCUT2D eigenvalue weighted by atomic mass is 35.5. The van der Waals surface area contributed by atoms with Crippen molar-refractivity contribution in [2.24, 2.45) is 5.73 Å². The maximum atomic E-state index is 11.7. The summed E-state index contributed by atoms with van der Waals surface area (Å²) in [5.41, 5.74) is 5.37. The van der Waals surface area contributed by atoms with E-state index in [0.717, 1.165) is 12.8 Å². The SMILES string of the molecule is CC(Oc1cccc(Cl)c1)C(=O)NCCCCN.Cl. The largest absolute Gasteiger partial charge is 0.481 e. The molecule has 3 N–H and O–H groups in total. The van der Waals surface area contributed by atoms with Crippen LogP contribution in [-0.4, -0.2) is 25.1 Å². The minimum absolute atomic E-state index is 0. The molecule has 0 fully saturated rings. The van der Waals surface area contributed by atoms with Crippen LogP contribution in [0.1, 0.15) is 19.8 Å². The van der Waals surface area contributed by atoms with Crippen molar-refractivity contribution in [1.82, 2.24) is 5.32 Å². The highest BCUT2D eigenvalue weighted by molar-refractivity contribution is 6.30. The van der Waals surface area contributed by atoms with Crippen LogP contribution in [0.3, 0.4) is 0 Å². The fourth-order valence-corrected chi connectivity index (χ4v) is 1.60. The molecular formula is C13H20Cl2N2O2. The first kappa shape index (κ1) is 18.0. The average molecular weight is 307 g/mol. The highest BCUT2D eigenvalue weighted by Crippen LogP contribution is 2.18. The van der Waals surface area contributed by atoms with Crippen LogP contribution in [0.25, 0.3) is 0 Å². The van der Waals surface area contributed by atoms with Crippen LogP contribution in [0.2, 0.25) is 5.02 Å². The molecule has 108 valence electrons. The van der Waals surface area contributed by atoms with Crippen molar-refractivity contribution in [2.45, 2.75) is 25.9 Å². The Labute approximate surface area is 125 Å². The molecule has 0 radical (unpaired) electrons. The number of carbonyl (C=O) groups is 1. The Balaban J connectivity index is 0.00000324. The first-order valence-electron chi connectivity index (χ1n) is 6.03. The lowest BCUT2D eigenvalue weighted by Crippen LogP contribution is -2.36. The zero-order valence-corrected chi connectivity index (χ0v) is 12.5. The third-order valence-electron chi connectivity index (χ3n) is 2.41. The number of nitrogens with one attached hydrogen (secondary N) is 1. The molecular weight excluding hydrogens is 287 g/mol. The first-order valence-corrected chi connectivity index (χ1v) is 6.41. The van der Waals surface area contributed by atoms with Gasteiger partial charge in [0.1, 0.15) is 5.75 Å². The molecule has 0 aliphatic heterocycles. The number of hydrogen-bond acceptors (Lipinski definition) is 3. The third kappa shape index (κ3) is 7.25. The molecule has 1 rings (SSSR count). The number of nitrogens with two attached hydrogens (primary N) is 1. The van der Waals surface area contributed by atoms with Gasteiger partial charge in [0.25, 0.3) is 5.91 Å². The maximum Gasteiger partial charge on any atom is 0.260 e. The van der Waals surface area contributed by atoms with Crippen LogP contribution in [0, 0.1) is 0 Å². The molecule has 0 bridgehead atoms. The summed E-state index contributed by atoms with van der Waals surface area (Å²) in [6.07, 6.45) is 1.25. The lowest BCUT2D eigenvalue weighted by Gasteiger charge is -2.14. The zero-order chi connectivity index (χ0) is 13.4. The Morgan fingerprint density at radius 3 is 2.84 bits per heavy atom. The molecule has 0 aromatic heterocycles. The van der Waals surface area contributed by atoms with Crippen molar-refractivity contribution in [1.29, 1.82) is 0 Å². The van der Waals surface area contributed by atoms with Gasteiger partial charge in [-0.3, -0.25) is 4.79 Å². The molecule has 19 heavy (non-hydrogen) atoms. The number of benzene rings is 1. The van der Waals surface area contributed by atoms with Crippen LogP contribution in [-0.2, 0) is 4.79 Å². The second kappa shape index (κ2) is 9.89. The van der Waals surface area contributed by atoms with E-state index in [1.54, 1.807) is 31.2 Å². The fraction of sp³-hybridized carbons (Fsp3) is 0.462. The summed E-state index contributed by atoms with van der Waals surface area (Å²) in [5.74, 6) is 0.458. The molecule has 0 aliphatic rings. The smallest absolute Gasteiger partial charge is 0.260 e. The van der Waals surface area contributed by atoms with Gasteiger partial charge in [0.15, 0.2) is 6.10 Å². The Kier molecular flexibility index (Phi) is 9.39. The predicted molar refractivity (Wildman–Crippen MR) is 80.1 cm³/mol. The van der Waals surface area contributed by atoms with Crippen LogP contribution in [0.15, 0.2) is 24.3 Å². The van der Waals surface area contributed by atoms with E-state index >= 15 is 0 Å². The van der Waals surface area contributed by atoms with Gasteiger partial charge in [0.2, 0.25) is 0 Å². The summed E-state index contributed by atoms with van der Waals surface area (Å²) in [7, 11) is 0. The second-order valence-corrected chi connectivity index (χ2v) is 4.44. The van der Waals surface area contributed by atoms with Gasteiger partial charge in [-0.15, -0.1) is 12.4 Å². The molecule has 0 aliphatic carbocycles. The number of rotatable bonds is 7. The van der Waals surface area contributed by atoms with Crippen molar-refractivity contribution < 1.29 is 9.53 Å². The number of carbonyl (C=O) groups excluding carboxylic acids is 1. The Morgan fingerprint density at radius 2 is 2.21 bits per heavy atom. The lowest BCUT2D eigenvalue weighted by atomic mass is 10.3. The van der Waals surface area contributed by atoms with Crippen molar-refractivity contribution >= 4 is 29.9 Å². The van der Waals surface area contributed by atoms with E-state index in [2.05, 4.69) is 5.32 Å². The van der Waals surface area contributed by atoms with Gasteiger partial charge >= 0.3 is 0 Å². The third-order valence-corrected chi connectivity index (χ3v) is 2.64. The van der Waals surface area contributed by atoms with Crippen LogP contribution in [0.4, 0.5) is 0 Å². The first-order chi connectivity index (χ1) is 8.63. The van der Waals surface area contributed by atoms with Crippen molar-refractivity contribution in [3.8, 4) is 5.75 Å². The predicted octanol–water partition coefficient (Wildman–Crippen LogP) is 2.38. The van der Waals surface area contributed by atoms with E-state index in [1.165, 1.54) is 0 Å². The normalized spacial score (nSPS) is 11.3. The number of ether oxygens (including phenoxy) is 1. The van der Waals surface area contributed by atoms with Gasteiger partial charge in [0.05, 0.1) is 0 Å². The molecule has 1 aromatic carbocycles. The van der Waals surface area contributed by atoms with Crippen LogP contribution in [0.5, 0.6) is 5.75 Å². The molecule has 0 heterocycles. The fourth-order valence-electron chi connectivity index (χ4n) is 1.42. The van der Waals surface area contributed by atoms with Gasteiger partial charge in [0, 0.05) is 11.6 Å². The minimum atomic E-state index is -0.540. The van der Waals surface area contributed by atoms with Crippen molar-refractivity contribution in [3.63, 3.8) is 0 Å². The van der Waals surface area contributed by atoms with E-state index < -0.39 is 6.10 Å². The van der Waals surface area contributed by atoms with Crippen LogP contribution >= 0.6 is 24.0 Å². The van der Waals surface area contributed by atoms with E-state index in [0.29, 0.717) is 23.9 Å². The number of unbranched alkanes of at least 4 members (excludes halogenated alkanes) is 1. The topological polar surface area (TPSA) is 64.3 Å². The second-order valence-electron chi connectivity index (χ2n) is 4.00. The van der Waals surface area contributed by atoms with E-state index in [-0.39, 0.29) is 18.3 Å². The zero-order valence-electron chi connectivity index (χ0n) is 10.9. The maximum absolute atomic E-state index is 11.7. The van der Waals surface area contributed by atoms with Gasteiger partial charge in [-0.2, -0.15) is 0 Å². The molecule has 4 nitrogen and oxygen atoms in total. The molecule has 1 unspecified atom stereocenters. The van der Waals surface area contributed by atoms with Crippen molar-refractivity contribution in [2.75, 3.05) is 13.1 Å². The van der Waals surface area contributed by atoms with E-state index in [4.69, 9.17) is 22.1 Å². The number of halogens is 2. The van der Waals surface area contributed by atoms with Gasteiger partial charge in [-0.05, 0) is 44.5 Å². The highest BCUT2D eigenvalue weighted by Gasteiger charge is 2.13. The molecule has 0 saturated carbocycles. The Hall–Kier alpha value is -0.970. The number of amides is 1.